The maximum atomic E-state index is 12.7. The number of carbonyl (C=O) groups excluding carboxylic acids is 2. The molecule has 0 aromatic carbocycles. The van der Waals surface area contributed by atoms with Gasteiger partial charge in [-0.05, 0) is 24.6 Å². The summed E-state index contributed by atoms with van der Waals surface area (Å²) < 4.78 is 29.6. The first-order chi connectivity index (χ1) is 13.4. The number of halogens is 2. The molecule has 1 N–H and O–H groups in total. The molecule has 9 heteroatoms. The van der Waals surface area contributed by atoms with Gasteiger partial charge in [-0.15, -0.1) is 0 Å². The Kier molecular flexibility index (Phi) is 5.81. The van der Waals surface area contributed by atoms with Gasteiger partial charge >= 0.3 is 0 Å². The summed E-state index contributed by atoms with van der Waals surface area (Å²) in [5.74, 6) is 0.319. The van der Waals surface area contributed by atoms with Crippen LogP contribution in [0.3, 0.4) is 0 Å². The lowest BCUT2D eigenvalue weighted by Gasteiger charge is -2.16. The first-order valence-corrected chi connectivity index (χ1v) is 8.82. The second-order valence-electron chi connectivity index (χ2n) is 6.39. The van der Waals surface area contributed by atoms with E-state index in [0.717, 1.165) is 0 Å². The Balaban J connectivity index is 1.74. The van der Waals surface area contributed by atoms with E-state index < -0.39 is 13.0 Å². The summed E-state index contributed by atoms with van der Waals surface area (Å²) in [7, 11) is 0. The molecule has 148 valence electrons. The Bertz CT molecular complexity index is 905. The predicted molar refractivity (Wildman–Crippen MR) is 97.2 cm³/mol. The van der Waals surface area contributed by atoms with E-state index in [1.807, 2.05) is 0 Å². The number of rotatable bonds is 7. The SMILES string of the molecule is CCC(=O)Nc1nccc2c1CN(Cc1cc(C)c(OCC(F)F)cn1)C2=O. The highest BCUT2D eigenvalue weighted by Crippen LogP contribution is 2.29. The van der Waals surface area contributed by atoms with Gasteiger partial charge in [-0.25, -0.2) is 13.8 Å². The van der Waals surface area contributed by atoms with E-state index in [-0.39, 0.29) is 24.1 Å². The molecule has 0 saturated heterocycles. The van der Waals surface area contributed by atoms with Crippen molar-refractivity contribution >= 4 is 17.6 Å². The van der Waals surface area contributed by atoms with Crippen LogP contribution in [0.5, 0.6) is 5.75 Å². The molecular weight excluding hydrogens is 370 g/mol. The Morgan fingerprint density at radius 1 is 1.39 bits per heavy atom. The van der Waals surface area contributed by atoms with Crippen molar-refractivity contribution in [3.05, 3.63) is 46.9 Å². The van der Waals surface area contributed by atoms with Crippen LogP contribution >= 0.6 is 0 Å². The highest BCUT2D eigenvalue weighted by Gasteiger charge is 2.30. The maximum absolute atomic E-state index is 12.7. The maximum Gasteiger partial charge on any atom is 0.272 e. The second kappa shape index (κ2) is 8.28. The fraction of sp³-hybridized carbons (Fsp3) is 0.368. The average molecular weight is 390 g/mol. The van der Waals surface area contributed by atoms with E-state index in [2.05, 4.69) is 15.3 Å². The number of anilines is 1. The Hall–Kier alpha value is -3.10. The summed E-state index contributed by atoms with van der Waals surface area (Å²) in [6.45, 7) is 3.31. The lowest BCUT2D eigenvalue weighted by molar-refractivity contribution is -0.115. The second-order valence-corrected chi connectivity index (χ2v) is 6.39. The molecular formula is C19H20F2N4O3. The number of carbonyl (C=O) groups is 2. The Morgan fingerprint density at radius 2 is 2.18 bits per heavy atom. The lowest BCUT2D eigenvalue weighted by atomic mass is 10.1. The van der Waals surface area contributed by atoms with Gasteiger partial charge in [-0.1, -0.05) is 6.92 Å². The van der Waals surface area contributed by atoms with Crippen LogP contribution in [0, 0.1) is 6.92 Å². The molecule has 0 saturated carbocycles. The number of nitrogens with zero attached hydrogens (tertiary/aromatic N) is 3. The Labute approximate surface area is 160 Å². The van der Waals surface area contributed by atoms with E-state index in [1.54, 1.807) is 30.9 Å². The zero-order valence-corrected chi connectivity index (χ0v) is 15.5. The van der Waals surface area contributed by atoms with Gasteiger partial charge in [-0.3, -0.25) is 14.6 Å². The lowest BCUT2D eigenvalue weighted by Crippen LogP contribution is -2.24. The van der Waals surface area contributed by atoms with E-state index in [0.29, 0.717) is 41.2 Å². The van der Waals surface area contributed by atoms with Gasteiger partial charge in [0.05, 0.1) is 25.0 Å². The molecule has 1 aliphatic rings. The highest BCUT2D eigenvalue weighted by molar-refractivity contribution is 6.01. The van der Waals surface area contributed by atoms with Crippen molar-refractivity contribution in [2.24, 2.45) is 0 Å². The van der Waals surface area contributed by atoms with Crippen LogP contribution in [0.2, 0.25) is 0 Å². The molecule has 1 aliphatic heterocycles. The summed E-state index contributed by atoms with van der Waals surface area (Å²) >= 11 is 0. The number of pyridine rings is 2. The van der Waals surface area contributed by atoms with Crippen LogP contribution < -0.4 is 10.1 Å². The predicted octanol–water partition coefficient (Wildman–Crippen LogP) is 2.93. The first-order valence-electron chi connectivity index (χ1n) is 8.82. The third-order valence-corrected chi connectivity index (χ3v) is 4.34. The molecule has 2 aromatic rings. The fourth-order valence-electron chi connectivity index (χ4n) is 2.93. The number of hydrogen-bond donors (Lipinski definition) is 1. The fourth-order valence-corrected chi connectivity index (χ4v) is 2.93. The smallest absolute Gasteiger partial charge is 0.272 e. The summed E-state index contributed by atoms with van der Waals surface area (Å²) in [5.41, 5.74) is 2.43. The molecule has 2 amide bonds. The molecule has 0 fully saturated rings. The summed E-state index contributed by atoms with van der Waals surface area (Å²) in [6.07, 6.45) is 0.626. The van der Waals surface area contributed by atoms with Crippen molar-refractivity contribution in [3.63, 3.8) is 0 Å². The van der Waals surface area contributed by atoms with E-state index in [4.69, 9.17) is 4.74 Å². The zero-order valence-electron chi connectivity index (χ0n) is 15.5. The number of aromatic nitrogens is 2. The Morgan fingerprint density at radius 3 is 2.86 bits per heavy atom. The van der Waals surface area contributed by atoms with Gasteiger partial charge in [0.25, 0.3) is 12.3 Å². The largest absolute Gasteiger partial charge is 0.486 e. The third kappa shape index (κ3) is 4.24. The summed E-state index contributed by atoms with van der Waals surface area (Å²) in [4.78, 5) is 34.3. The monoisotopic (exact) mass is 390 g/mol. The first kappa shape index (κ1) is 19.7. The molecule has 3 heterocycles. The standard InChI is InChI=1S/C19H20F2N4O3/c1-3-17(26)24-18-14-9-25(19(27)13(14)4-5-22-18)8-12-6-11(2)15(7-23-12)28-10-16(20)21/h4-7,16H,3,8-10H2,1-2H3,(H,22,24,26). The van der Waals surface area contributed by atoms with Crippen LogP contribution in [0.4, 0.5) is 14.6 Å². The number of alkyl halides is 2. The number of aryl methyl sites for hydroxylation is 1. The minimum atomic E-state index is -2.56. The van der Waals surface area contributed by atoms with Crippen LogP contribution in [-0.4, -0.2) is 39.7 Å². The van der Waals surface area contributed by atoms with E-state index in [1.165, 1.54) is 12.4 Å². The van der Waals surface area contributed by atoms with Crippen LogP contribution in [0.1, 0.15) is 40.5 Å². The molecule has 28 heavy (non-hydrogen) atoms. The molecule has 0 unspecified atom stereocenters. The molecule has 0 spiro atoms. The summed E-state index contributed by atoms with van der Waals surface area (Å²) in [6, 6.07) is 3.33. The quantitative estimate of drug-likeness (QED) is 0.786. The topological polar surface area (TPSA) is 84.4 Å². The minimum absolute atomic E-state index is 0.177. The summed E-state index contributed by atoms with van der Waals surface area (Å²) in [5, 5.41) is 2.71. The highest BCUT2D eigenvalue weighted by atomic mass is 19.3. The molecule has 2 aromatic heterocycles. The van der Waals surface area contributed by atoms with Gasteiger partial charge in [0, 0.05) is 23.7 Å². The van der Waals surface area contributed by atoms with Gasteiger partial charge in [0.15, 0.2) is 0 Å². The third-order valence-electron chi connectivity index (χ3n) is 4.34. The van der Waals surface area contributed by atoms with Gasteiger partial charge in [0.1, 0.15) is 18.2 Å². The van der Waals surface area contributed by atoms with Crippen molar-refractivity contribution in [1.29, 1.82) is 0 Å². The van der Waals surface area contributed by atoms with Crippen molar-refractivity contribution in [2.75, 3.05) is 11.9 Å². The van der Waals surface area contributed by atoms with Crippen LogP contribution in [-0.2, 0) is 17.9 Å². The normalized spacial score (nSPS) is 13.0. The number of ether oxygens (including phenoxy) is 1. The van der Waals surface area contributed by atoms with E-state index in [9.17, 15) is 18.4 Å². The average Bonchev–Trinajstić information content (AvgIpc) is 2.98. The minimum Gasteiger partial charge on any atom is -0.486 e. The van der Waals surface area contributed by atoms with Gasteiger partial charge < -0.3 is 15.0 Å². The molecule has 0 bridgehead atoms. The zero-order chi connectivity index (χ0) is 20.3. The molecule has 3 rings (SSSR count). The number of nitrogens with one attached hydrogen (secondary N) is 1. The number of amides is 2. The van der Waals surface area contributed by atoms with Gasteiger partial charge in [0.2, 0.25) is 5.91 Å². The molecule has 0 atom stereocenters. The van der Waals surface area contributed by atoms with E-state index >= 15 is 0 Å². The van der Waals surface area contributed by atoms with Gasteiger partial charge in [-0.2, -0.15) is 0 Å². The van der Waals surface area contributed by atoms with Crippen molar-refractivity contribution in [2.45, 2.75) is 39.8 Å². The van der Waals surface area contributed by atoms with Crippen LogP contribution in [0.15, 0.2) is 24.5 Å². The number of hydrogen-bond acceptors (Lipinski definition) is 5. The number of fused-ring (bicyclic) bond motifs is 1. The molecule has 7 nitrogen and oxygen atoms in total. The van der Waals surface area contributed by atoms with Crippen molar-refractivity contribution in [1.82, 2.24) is 14.9 Å². The molecule has 0 radical (unpaired) electrons. The van der Waals surface area contributed by atoms with Crippen molar-refractivity contribution < 1.29 is 23.1 Å². The van der Waals surface area contributed by atoms with Crippen LogP contribution in [0.25, 0.3) is 0 Å². The van der Waals surface area contributed by atoms with Crippen molar-refractivity contribution in [3.8, 4) is 5.75 Å². The molecule has 0 aliphatic carbocycles.